The first-order chi connectivity index (χ1) is 6.15. The van der Waals surface area contributed by atoms with E-state index in [-0.39, 0.29) is 11.9 Å². The molecule has 0 radical (unpaired) electrons. The first kappa shape index (κ1) is 10.5. The molecule has 1 atom stereocenters. The van der Waals surface area contributed by atoms with Crippen LogP contribution in [-0.4, -0.2) is 16.6 Å². The van der Waals surface area contributed by atoms with Crippen LogP contribution in [0.5, 0.6) is 5.88 Å². The molecule has 1 rings (SSSR count). The number of aromatic hydroxyl groups is 1. The Kier molecular flexibility index (Phi) is 3.69. The average Bonchev–Trinajstić information content (AvgIpc) is 2.10. The van der Waals surface area contributed by atoms with Crippen LogP contribution in [0.2, 0.25) is 0 Å². The van der Waals surface area contributed by atoms with Crippen molar-refractivity contribution < 1.29 is 5.11 Å². The molecule has 0 unspecified atom stereocenters. The summed E-state index contributed by atoms with van der Waals surface area (Å²) in [7, 11) is 0. The molecular formula is C9H13BrN2O. The van der Waals surface area contributed by atoms with Crippen LogP contribution in [-0.2, 0) is 0 Å². The van der Waals surface area contributed by atoms with E-state index in [0.29, 0.717) is 4.47 Å². The molecule has 3 nitrogen and oxygen atoms in total. The standard InChI is InChI=1S/C9H13BrN2O/c1-3-11-6(2)7-4-8(10)9(13)12-5-7/h4-6,11H,3H2,1-2H3,(H,12,13)/t6-/m1/s1. The van der Waals surface area contributed by atoms with Crippen LogP contribution in [0.3, 0.4) is 0 Å². The van der Waals surface area contributed by atoms with Gasteiger partial charge in [0.2, 0.25) is 5.88 Å². The van der Waals surface area contributed by atoms with Crippen LogP contribution in [0.25, 0.3) is 0 Å². The zero-order chi connectivity index (χ0) is 9.84. The number of halogens is 1. The van der Waals surface area contributed by atoms with Crippen molar-refractivity contribution in [3.63, 3.8) is 0 Å². The summed E-state index contributed by atoms with van der Waals surface area (Å²) in [5, 5.41) is 12.4. The van der Waals surface area contributed by atoms with Crippen molar-refractivity contribution in [1.29, 1.82) is 0 Å². The van der Waals surface area contributed by atoms with Crippen LogP contribution in [0, 0.1) is 0 Å². The lowest BCUT2D eigenvalue weighted by Gasteiger charge is -2.12. The predicted molar refractivity (Wildman–Crippen MR) is 55.7 cm³/mol. The second-order valence-corrected chi connectivity index (χ2v) is 3.71. The molecule has 2 N–H and O–H groups in total. The molecule has 0 bridgehead atoms. The molecule has 0 spiro atoms. The molecule has 0 aliphatic carbocycles. The number of hydrogen-bond acceptors (Lipinski definition) is 3. The maximum atomic E-state index is 9.18. The van der Waals surface area contributed by atoms with Crippen molar-refractivity contribution in [2.45, 2.75) is 19.9 Å². The molecule has 4 heteroatoms. The molecule has 1 heterocycles. The topological polar surface area (TPSA) is 45.2 Å². The van der Waals surface area contributed by atoms with Gasteiger partial charge in [0.15, 0.2) is 0 Å². The molecule has 0 saturated carbocycles. The fourth-order valence-electron chi connectivity index (χ4n) is 1.11. The Morgan fingerprint density at radius 2 is 2.38 bits per heavy atom. The SMILES string of the molecule is CCN[C@H](C)c1cnc(O)c(Br)c1. The van der Waals surface area contributed by atoms with Gasteiger partial charge in [-0.1, -0.05) is 6.92 Å². The smallest absolute Gasteiger partial charge is 0.225 e. The lowest BCUT2D eigenvalue weighted by molar-refractivity contribution is 0.448. The molecule has 0 aromatic carbocycles. The Bertz CT molecular complexity index is 291. The van der Waals surface area contributed by atoms with Crippen LogP contribution >= 0.6 is 15.9 Å². The van der Waals surface area contributed by atoms with Gasteiger partial charge in [-0.25, -0.2) is 4.98 Å². The van der Waals surface area contributed by atoms with Gasteiger partial charge in [-0.3, -0.25) is 0 Å². The van der Waals surface area contributed by atoms with E-state index in [0.717, 1.165) is 12.1 Å². The third-order valence-corrected chi connectivity index (χ3v) is 2.44. The molecule has 0 fully saturated rings. The molecule has 0 saturated heterocycles. The van der Waals surface area contributed by atoms with Gasteiger partial charge in [0.05, 0.1) is 4.47 Å². The zero-order valence-electron chi connectivity index (χ0n) is 7.71. The summed E-state index contributed by atoms with van der Waals surface area (Å²) in [5.41, 5.74) is 1.06. The van der Waals surface area contributed by atoms with Gasteiger partial charge in [0.1, 0.15) is 0 Å². The van der Waals surface area contributed by atoms with E-state index in [1.165, 1.54) is 0 Å². The van der Waals surface area contributed by atoms with Crippen LogP contribution in [0.4, 0.5) is 0 Å². The molecule has 72 valence electrons. The van der Waals surface area contributed by atoms with Crippen LogP contribution in [0.15, 0.2) is 16.7 Å². The summed E-state index contributed by atoms with van der Waals surface area (Å²) in [6, 6.07) is 2.13. The lowest BCUT2D eigenvalue weighted by Crippen LogP contribution is -2.17. The van der Waals surface area contributed by atoms with E-state index in [1.807, 2.05) is 6.07 Å². The summed E-state index contributed by atoms with van der Waals surface area (Å²) >= 11 is 3.23. The Labute approximate surface area is 86.3 Å². The van der Waals surface area contributed by atoms with Crippen LogP contribution in [0.1, 0.15) is 25.5 Å². The van der Waals surface area contributed by atoms with Gasteiger partial charge in [0.25, 0.3) is 0 Å². The van der Waals surface area contributed by atoms with Gasteiger partial charge >= 0.3 is 0 Å². The molecule has 13 heavy (non-hydrogen) atoms. The molecule has 0 aliphatic heterocycles. The maximum absolute atomic E-state index is 9.18. The quantitative estimate of drug-likeness (QED) is 0.858. The Balaban J connectivity index is 2.84. The van der Waals surface area contributed by atoms with Crippen LogP contribution < -0.4 is 5.32 Å². The van der Waals surface area contributed by atoms with Crippen molar-refractivity contribution in [3.8, 4) is 5.88 Å². The minimum absolute atomic E-state index is 0.0347. The van der Waals surface area contributed by atoms with E-state index < -0.39 is 0 Å². The number of nitrogens with zero attached hydrogens (tertiary/aromatic N) is 1. The summed E-state index contributed by atoms with van der Waals surface area (Å²) in [6.45, 7) is 5.03. The molecule has 1 aromatic rings. The van der Waals surface area contributed by atoms with Gasteiger partial charge in [-0.2, -0.15) is 0 Å². The Morgan fingerprint density at radius 1 is 1.69 bits per heavy atom. The number of pyridine rings is 1. The molecular weight excluding hydrogens is 232 g/mol. The largest absolute Gasteiger partial charge is 0.492 e. The summed E-state index contributed by atoms with van der Waals surface area (Å²) in [5.74, 6) is 0.0347. The van der Waals surface area contributed by atoms with Gasteiger partial charge in [-0.05, 0) is 41.0 Å². The third-order valence-electron chi connectivity index (χ3n) is 1.85. The van der Waals surface area contributed by atoms with E-state index in [2.05, 4.69) is 40.1 Å². The normalized spacial score (nSPS) is 12.8. The fraction of sp³-hybridized carbons (Fsp3) is 0.444. The van der Waals surface area contributed by atoms with Gasteiger partial charge in [0, 0.05) is 12.2 Å². The summed E-state index contributed by atoms with van der Waals surface area (Å²) in [4.78, 5) is 3.85. The number of aromatic nitrogens is 1. The first-order valence-electron chi connectivity index (χ1n) is 4.23. The molecule has 0 amide bonds. The predicted octanol–water partition coefficient (Wildman–Crippen LogP) is 2.22. The second kappa shape index (κ2) is 4.58. The Hall–Kier alpha value is -0.610. The average molecular weight is 245 g/mol. The molecule has 0 aliphatic rings. The van der Waals surface area contributed by atoms with E-state index in [1.54, 1.807) is 6.20 Å². The Morgan fingerprint density at radius 3 is 2.92 bits per heavy atom. The van der Waals surface area contributed by atoms with Gasteiger partial charge in [-0.15, -0.1) is 0 Å². The summed E-state index contributed by atoms with van der Waals surface area (Å²) < 4.78 is 0.634. The van der Waals surface area contributed by atoms with Crippen molar-refractivity contribution >= 4 is 15.9 Å². The highest BCUT2D eigenvalue weighted by atomic mass is 79.9. The minimum atomic E-state index is 0.0347. The number of rotatable bonds is 3. The fourth-order valence-corrected chi connectivity index (χ4v) is 1.47. The maximum Gasteiger partial charge on any atom is 0.225 e. The van der Waals surface area contributed by atoms with E-state index >= 15 is 0 Å². The highest BCUT2D eigenvalue weighted by molar-refractivity contribution is 9.10. The van der Waals surface area contributed by atoms with Crippen molar-refractivity contribution in [1.82, 2.24) is 10.3 Å². The summed E-state index contributed by atoms with van der Waals surface area (Å²) in [6.07, 6.45) is 1.67. The molecule has 1 aromatic heterocycles. The first-order valence-corrected chi connectivity index (χ1v) is 5.02. The number of nitrogens with one attached hydrogen (secondary N) is 1. The highest BCUT2D eigenvalue weighted by Crippen LogP contribution is 2.24. The zero-order valence-corrected chi connectivity index (χ0v) is 9.30. The lowest BCUT2D eigenvalue weighted by atomic mass is 10.1. The monoisotopic (exact) mass is 244 g/mol. The number of hydrogen-bond donors (Lipinski definition) is 2. The van der Waals surface area contributed by atoms with Crippen molar-refractivity contribution in [3.05, 3.63) is 22.3 Å². The highest BCUT2D eigenvalue weighted by Gasteiger charge is 2.06. The third kappa shape index (κ3) is 2.67. The van der Waals surface area contributed by atoms with Gasteiger partial charge < -0.3 is 10.4 Å². The second-order valence-electron chi connectivity index (χ2n) is 2.85. The van der Waals surface area contributed by atoms with E-state index in [9.17, 15) is 5.11 Å². The van der Waals surface area contributed by atoms with Crippen molar-refractivity contribution in [2.75, 3.05) is 6.54 Å². The van der Waals surface area contributed by atoms with E-state index in [4.69, 9.17) is 0 Å². The minimum Gasteiger partial charge on any atom is -0.492 e. The van der Waals surface area contributed by atoms with Crippen molar-refractivity contribution in [2.24, 2.45) is 0 Å².